The standard InChI is InChI=1S/C18H23N2/c1-20(2,3)18-14-19(13-15-9-5-4-6-10-15)17-12-8-7-11-16(17)18/h4-12,18H,13-14H2,1-3H3/q+1. The van der Waals surface area contributed by atoms with E-state index >= 15 is 0 Å². The highest BCUT2D eigenvalue weighted by Crippen LogP contribution is 2.40. The van der Waals surface area contributed by atoms with Gasteiger partial charge >= 0.3 is 0 Å². The molecular formula is C18H23N2+. The molecule has 0 aromatic heterocycles. The minimum absolute atomic E-state index is 0.551. The average Bonchev–Trinajstić information content (AvgIpc) is 2.79. The van der Waals surface area contributed by atoms with Gasteiger partial charge in [0.2, 0.25) is 0 Å². The maximum absolute atomic E-state index is 2.51. The van der Waals surface area contributed by atoms with Crippen LogP contribution >= 0.6 is 0 Å². The summed E-state index contributed by atoms with van der Waals surface area (Å²) in [5, 5.41) is 0. The molecule has 0 aliphatic carbocycles. The number of fused-ring (bicyclic) bond motifs is 1. The lowest BCUT2D eigenvalue weighted by atomic mass is 10.1. The van der Waals surface area contributed by atoms with E-state index in [1.165, 1.54) is 16.8 Å². The van der Waals surface area contributed by atoms with Crippen molar-refractivity contribution in [1.29, 1.82) is 0 Å². The summed E-state index contributed by atoms with van der Waals surface area (Å²) in [4.78, 5) is 2.51. The molecule has 2 heteroatoms. The van der Waals surface area contributed by atoms with E-state index in [0.717, 1.165) is 17.6 Å². The molecule has 104 valence electrons. The van der Waals surface area contributed by atoms with E-state index in [0.29, 0.717) is 6.04 Å². The highest BCUT2D eigenvalue weighted by Gasteiger charge is 2.36. The van der Waals surface area contributed by atoms with E-state index in [1.54, 1.807) is 0 Å². The zero-order valence-electron chi connectivity index (χ0n) is 12.6. The van der Waals surface area contributed by atoms with E-state index < -0.39 is 0 Å². The number of quaternary nitrogens is 1. The van der Waals surface area contributed by atoms with Crippen LogP contribution < -0.4 is 4.90 Å². The molecule has 0 saturated carbocycles. The fraction of sp³-hybridized carbons (Fsp3) is 0.333. The van der Waals surface area contributed by atoms with Gasteiger partial charge in [0.05, 0.1) is 27.7 Å². The predicted octanol–water partition coefficient (Wildman–Crippen LogP) is 3.45. The minimum atomic E-state index is 0.551. The highest BCUT2D eigenvalue weighted by atomic mass is 15.4. The van der Waals surface area contributed by atoms with Gasteiger partial charge in [-0.25, -0.2) is 0 Å². The van der Waals surface area contributed by atoms with E-state index in [4.69, 9.17) is 0 Å². The maximum Gasteiger partial charge on any atom is 0.134 e. The molecule has 0 fully saturated rings. The molecular weight excluding hydrogens is 244 g/mol. The van der Waals surface area contributed by atoms with Gasteiger partial charge in [0, 0.05) is 17.8 Å². The van der Waals surface area contributed by atoms with Crippen LogP contribution in [-0.4, -0.2) is 32.2 Å². The topological polar surface area (TPSA) is 3.24 Å². The van der Waals surface area contributed by atoms with Crippen molar-refractivity contribution in [3.8, 4) is 0 Å². The number of rotatable bonds is 3. The molecule has 1 unspecified atom stereocenters. The Morgan fingerprint density at radius 1 is 0.950 bits per heavy atom. The summed E-state index contributed by atoms with van der Waals surface area (Å²) in [6, 6.07) is 20.1. The van der Waals surface area contributed by atoms with E-state index in [1.807, 2.05) is 0 Å². The van der Waals surface area contributed by atoms with Gasteiger partial charge in [0.15, 0.2) is 0 Å². The second-order valence-electron chi connectivity index (χ2n) is 6.56. The van der Waals surface area contributed by atoms with Crippen molar-refractivity contribution in [3.63, 3.8) is 0 Å². The molecule has 0 bridgehead atoms. The lowest BCUT2D eigenvalue weighted by molar-refractivity contribution is -0.899. The van der Waals surface area contributed by atoms with Crippen LogP contribution in [0.2, 0.25) is 0 Å². The first kappa shape index (κ1) is 13.2. The van der Waals surface area contributed by atoms with Crippen molar-refractivity contribution in [2.75, 3.05) is 32.6 Å². The van der Waals surface area contributed by atoms with Gasteiger partial charge in [-0.05, 0) is 11.6 Å². The van der Waals surface area contributed by atoms with Gasteiger partial charge in [-0.15, -0.1) is 0 Å². The highest BCUT2D eigenvalue weighted by molar-refractivity contribution is 5.59. The number of benzene rings is 2. The third kappa shape index (κ3) is 2.44. The van der Waals surface area contributed by atoms with Crippen LogP contribution in [0.25, 0.3) is 0 Å². The van der Waals surface area contributed by atoms with E-state index in [2.05, 4.69) is 80.6 Å². The lowest BCUT2D eigenvalue weighted by Gasteiger charge is -2.32. The predicted molar refractivity (Wildman–Crippen MR) is 84.7 cm³/mol. The van der Waals surface area contributed by atoms with Crippen molar-refractivity contribution in [2.45, 2.75) is 12.6 Å². The third-order valence-electron chi connectivity index (χ3n) is 4.18. The van der Waals surface area contributed by atoms with Crippen molar-refractivity contribution in [3.05, 3.63) is 65.7 Å². The molecule has 1 aliphatic heterocycles. The summed E-state index contributed by atoms with van der Waals surface area (Å²) in [7, 11) is 6.86. The zero-order valence-corrected chi connectivity index (χ0v) is 12.6. The Kier molecular flexibility index (Phi) is 3.27. The van der Waals surface area contributed by atoms with Gasteiger partial charge in [-0.2, -0.15) is 0 Å². The second-order valence-corrected chi connectivity index (χ2v) is 6.56. The largest absolute Gasteiger partial charge is 0.360 e. The SMILES string of the molecule is C[N+](C)(C)C1CN(Cc2ccccc2)c2ccccc21. The van der Waals surface area contributed by atoms with Gasteiger partial charge in [-0.3, -0.25) is 0 Å². The molecule has 3 rings (SSSR count). The van der Waals surface area contributed by atoms with Gasteiger partial charge < -0.3 is 9.38 Å². The van der Waals surface area contributed by atoms with Gasteiger partial charge in [-0.1, -0.05) is 48.5 Å². The Labute approximate surface area is 121 Å². The molecule has 0 radical (unpaired) electrons. The summed E-state index contributed by atoms with van der Waals surface area (Å²) in [6.07, 6.45) is 0. The summed E-state index contributed by atoms with van der Waals surface area (Å²) >= 11 is 0. The van der Waals surface area contributed by atoms with E-state index in [-0.39, 0.29) is 0 Å². The molecule has 0 N–H and O–H groups in total. The summed E-state index contributed by atoms with van der Waals surface area (Å²) in [5.41, 5.74) is 4.26. The van der Waals surface area contributed by atoms with Crippen LogP contribution in [0.4, 0.5) is 5.69 Å². The molecule has 1 aliphatic rings. The number of hydrogen-bond acceptors (Lipinski definition) is 1. The number of para-hydroxylation sites is 1. The van der Waals surface area contributed by atoms with Crippen LogP contribution in [0.15, 0.2) is 54.6 Å². The second kappa shape index (κ2) is 4.95. The number of nitrogens with zero attached hydrogens (tertiary/aromatic N) is 2. The van der Waals surface area contributed by atoms with Crippen molar-refractivity contribution >= 4 is 5.69 Å². The van der Waals surface area contributed by atoms with Crippen LogP contribution in [-0.2, 0) is 6.54 Å². The maximum atomic E-state index is 2.51. The van der Waals surface area contributed by atoms with Crippen LogP contribution in [0, 0.1) is 0 Å². The fourth-order valence-electron chi connectivity index (χ4n) is 3.08. The van der Waals surface area contributed by atoms with Crippen molar-refractivity contribution < 1.29 is 4.48 Å². The summed E-state index contributed by atoms with van der Waals surface area (Å²) in [5.74, 6) is 0. The molecule has 0 spiro atoms. The Bertz CT molecular complexity index is 584. The first-order valence-electron chi connectivity index (χ1n) is 7.24. The Morgan fingerprint density at radius 3 is 2.30 bits per heavy atom. The molecule has 1 atom stereocenters. The first-order valence-corrected chi connectivity index (χ1v) is 7.24. The lowest BCUT2D eigenvalue weighted by Crippen LogP contribution is -2.41. The quantitative estimate of drug-likeness (QED) is 0.770. The molecule has 2 aromatic rings. The Balaban J connectivity index is 1.91. The third-order valence-corrected chi connectivity index (χ3v) is 4.18. The zero-order chi connectivity index (χ0) is 14.2. The Morgan fingerprint density at radius 2 is 1.60 bits per heavy atom. The van der Waals surface area contributed by atoms with E-state index in [9.17, 15) is 0 Å². The van der Waals surface area contributed by atoms with Crippen LogP contribution in [0.5, 0.6) is 0 Å². The summed E-state index contributed by atoms with van der Waals surface area (Å²) < 4.78 is 0.975. The normalized spacial score (nSPS) is 18.1. The van der Waals surface area contributed by atoms with Crippen LogP contribution in [0.3, 0.4) is 0 Å². The van der Waals surface area contributed by atoms with Crippen molar-refractivity contribution in [2.24, 2.45) is 0 Å². The van der Waals surface area contributed by atoms with Gasteiger partial charge in [0.25, 0.3) is 0 Å². The number of likely N-dealkylation sites (N-methyl/N-ethyl adjacent to an activating group) is 1. The molecule has 0 amide bonds. The van der Waals surface area contributed by atoms with Crippen LogP contribution in [0.1, 0.15) is 17.2 Å². The van der Waals surface area contributed by atoms with Gasteiger partial charge in [0.1, 0.15) is 6.04 Å². The molecule has 2 aromatic carbocycles. The monoisotopic (exact) mass is 267 g/mol. The minimum Gasteiger partial charge on any atom is -0.360 e. The molecule has 20 heavy (non-hydrogen) atoms. The average molecular weight is 267 g/mol. The summed E-state index contributed by atoms with van der Waals surface area (Å²) in [6.45, 7) is 2.09. The number of hydrogen-bond donors (Lipinski definition) is 0. The number of anilines is 1. The molecule has 1 heterocycles. The fourth-order valence-corrected chi connectivity index (χ4v) is 3.08. The molecule has 2 nitrogen and oxygen atoms in total. The molecule has 0 saturated heterocycles. The Hall–Kier alpha value is -1.80. The first-order chi connectivity index (χ1) is 9.55. The van der Waals surface area contributed by atoms with Crippen molar-refractivity contribution in [1.82, 2.24) is 0 Å². The smallest absolute Gasteiger partial charge is 0.134 e.